The summed E-state index contributed by atoms with van der Waals surface area (Å²) in [6.45, 7) is 9.11. The fourth-order valence-electron chi connectivity index (χ4n) is 3.83. The van der Waals surface area contributed by atoms with E-state index in [0.717, 1.165) is 24.3 Å². The van der Waals surface area contributed by atoms with Gasteiger partial charge >= 0.3 is 5.97 Å². The molecule has 3 rings (SSSR count). The van der Waals surface area contributed by atoms with E-state index in [4.69, 9.17) is 5.11 Å². The topological polar surface area (TPSA) is 69.6 Å². The van der Waals surface area contributed by atoms with E-state index in [1.807, 2.05) is 18.7 Å². The maximum atomic E-state index is 12.6. The maximum Gasteiger partial charge on any atom is 0.335 e. The number of hydrogen-bond acceptors (Lipinski definition) is 3. The quantitative estimate of drug-likeness (QED) is 0.776. The number of benzene rings is 2. The van der Waals surface area contributed by atoms with Crippen LogP contribution in [0.25, 0.3) is 0 Å². The molecular formula is C23H28N2O3. The van der Waals surface area contributed by atoms with Gasteiger partial charge in [-0.05, 0) is 61.7 Å². The van der Waals surface area contributed by atoms with Gasteiger partial charge in [0.1, 0.15) is 0 Å². The number of carboxylic acids is 1. The van der Waals surface area contributed by atoms with E-state index in [2.05, 4.69) is 37.4 Å². The molecule has 1 aliphatic rings. The van der Waals surface area contributed by atoms with Crippen LogP contribution in [0.1, 0.15) is 55.6 Å². The molecule has 0 spiro atoms. The molecule has 1 heterocycles. The zero-order valence-corrected chi connectivity index (χ0v) is 17.0. The molecule has 2 N–H and O–H groups in total. The molecule has 5 heteroatoms. The average Bonchev–Trinajstić information content (AvgIpc) is 2.61. The lowest BCUT2D eigenvalue weighted by molar-refractivity contribution is -0.120. The number of rotatable bonds is 6. The molecule has 0 unspecified atom stereocenters. The lowest BCUT2D eigenvalue weighted by Crippen LogP contribution is -2.45. The van der Waals surface area contributed by atoms with Gasteiger partial charge in [0.05, 0.1) is 5.56 Å². The number of nitrogens with zero attached hydrogens (tertiary/aromatic N) is 1. The minimum absolute atomic E-state index is 0.142. The monoisotopic (exact) mass is 380 g/mol. The molecule has 0 aliphatic carbocycles. The standard InChI is InChI=1S/C23H28N2O3/c1-15(2)25-20-10-5-16(13-19(20)23(3,4)14-21(25)26)11-12-24-18-8-6-17(7-9-18)22(27)28/h5-10,13,15,24H,11-12,14H2,1-4H3,(H,27,28). The Morgan fingerprint density at radius 1 is 1.18 bits per heavy atom. The summed E-state index contributed by atoms with van der Waals surface area (Å²) in [5.41, 5.74) is 4.49. The second-order valence-electron chi connectivity index (χ2n) is 8.33. The number of nitrogens with one attached hydrogen (secondary N) is 1. The van der Waals surface area contributed by atoms with Crippen molar-refractivity contribution in [3.05, 3.63) is 59.2 Å². The molecule has 0 bridgehead atoms. The van der Waals surface area contributed by atoms with Gasteiger partial charge in [-0.1, -0.05) is 26.0 Å². The smallest absolute Gasteiger partial charge is 0.335 e. The van der Waals surface area contributed by atoms with E-state index in [0.29, 0.717) is 6.42 Å². The molecular weight excluding hydrogens is 352 g/mol. The molecule has 0 radical (unpaired) electrons. The highest BCUT2D eigenvalue weighted by Crippen LogP contribution is 2.41. The summed E-state index contributed by atoms with van der Waals surface area (Å²) >= 11 is 0. The Kier molecular flexibility index (Phi) is 5.45. The highest BCUT2D eigenvalue weighted by atomic mass is 16.4. The number of hydrogen-bond donors (Lipinski definition) is 2. The van der Waals surface area contributed by atoms with Crippen molar-refractivity contribution in [3.8, 4) is 0 Å². The third-order valence-electron chi connectivity index (χ3n) is 5.30. The van der Waals surface area contributed by atoms with Crippen LogP contribution in [0, 0.1) is 0 Å². The second kappa shape index (κ2) is 7.66. The maximum absolute atomic E-state index is 12.6. The van der Waals surface area contributed by atoms with Crippen molar-refractivity contribution in [2.45, 2.75) is 52.0 Å². The summed E-state index contributed by atoms with van der Waals surface area (Å²) in [7, 11) is 0. The Morgan fingerprint density at radius 2 is 1.86 bits per heavy atom. The van der Waals surface area contributed by atoms with Crippen LogP contribution < -0.4 is 10.2 Å². The largest absolute Gasteiger partial charge is 0.478 e. The van der Waals surface area contributed by atoms with Crippen LogP contribution in [0.3, 0.4) is 0 Å². The minimum Gasteiger partial charge on any atom is -0.478 e. The molecule has 0 atom stereocenters. The zero-order valence-electron chi connectivity index (χ0n) is 17.0. The molecule has 2 aromatic carbocycles. The first-order valence-corrected chi connectivity index (χ1v) is 9.72. The number of carbonyl (C=O) groups is 2. The minimum atomic E-state index is -0.919. The molecule has 28 heavy (non-hydrogen) atoms. The molecule has 1 amide bonds. The van der Waals surface area contributed by atoms with E-state index in [-0.39, 0.29) is 22.9 Å². The fourth-order valence-corrected chi connectivity index (χ4v) is 3.83. The number of carbonyl (C=O) groups excluding carboxylic acids is 1. The SMILES string of the molecule is CC(C)N1C(=O)CC(C)(C)c2cc(CCNc3ccc(C(=O)O)cc3)ccc21. The fraction of sp³-hybridized carbons (Fsp3) is 0.391. The third kappa shape index (κ3) is 4.03. The molecule has 148 valence electrons. The van der Waals surface area contributed by atoms with Gasteiger partial charge in [0, 0.05) is 35.8 Å². The normalized spacial score (nSPS) is 15.5. The number of carboxylic acid groups (broad SMARTS) is 1. The van der Waals surface area contributed by atoms with Gasteiger partial charge in [-0.25, -0.2) is 4.79 Å². The lowest BCUT2D eigenvalue weighted by Gasteiger charge is -2.41. The van der Waals surface area contributed by atoms with Crippen molar-refractivity contribution in [2.75, 3.05) is 16.8 Å². The summed E-state index contributed by atoms with van der Waals surface area (Å²) in [4.78, 5) is 25.4. The van der Waals surface area contributed by atoms with Crippen LogP contribution >= 0.6 is 0 Å². The molecule has 2 aromatic rings. The van der Waals surface area contributed by atoms with Crippen molar-refractivity contribution >= 4 is 23.3 Å². The first-order chi connectivity index (χ1) is 13.2. The van der Waals surface area contributed by atoms with E-state index in [1.165, 1.54) is 11.1 Å². The highest BCUT2D eigenvalue weighted by Gasteiger charge is 2.37. The van der Waals surface area contributed by atoms with Crippen LogP contribution in [-0.4, -0.2) is 29.6 Å². The summed E-state index contributed by atoms with van der Waals surface area (Å²) < 4.78 is 0. The molecule has 0 aromatic heterocycles. The van der Waals surface area contributed by atoms with Gasteiger partial charge in [0.25, 0.3) is 0 Å². The van der Waals surface area contributed by atoms with Crippen LogP contribution in [0.4, 0.5) is 11.4 Å². The van der Waals surface area contributed by atoms with Crippen molar-refractivity contribution in [1.82, 2.24) is 0 Å². The Morgan fingerprint density at radius 3 is 2.46 bits per heavy atom. The van der Waals surface area contributed by atoms with Crippen LogP contribution in [-0.2, 0) is 16.6 Å². The average molecular weight is 380 g/mol. The van der Waals surface area contributed by atoms with E-state index in [9.17, 15) is 9.59 Å². The van der Waals surface area contributed by atoms with Crippen LogP contribution in [0.5, 0.6) is 0 Å². The molecule has 1 aliphatic heterocycles. The van der Waals surface area contributed by atoms with E-state index < -0.39 is 5.97 Å². The predicted molar refractivity (Wildman–Crippen MR) is 112 cm³/mol. The highest BCUT2D eigenvalue weighted by molar-refractivity contribution is 5.98. The third-order valence-corrected chi connectivity index (χ3v) is 5.30. The molecule has 0 saturated heterocycles. The van der Waals surface area contributed by atoms with Crippen LogP contribution in [0.15, 0.2) is 42.5 Å². The Hall–Kier alpha value is -2.82. The Labute approximate surface area is 166 Å². The summed E-state index contributed by atoms with van der Waals surface area (Å²) in [6.07, 6.45) is 1.37. The van der Waals surface area contributed by atoms with Gasteiger partial charge in [-0.2, -0.15) is 0 Å². The number of fused-ring (bicyclic) bond motifs is 1. The van der Waals surface area contributed by atoms with E-state index >= 15 is 0 Å². The van der Waals surface area contributed by atoms with Gasteiger partial charge < -0.3 is 15.3 Å². The van der Waals surface area contributed by atoms with Gasteiger partial charge in [0.15, 0.2) is 0 Å². The first kappa shape index (κ1) is 19.9. The van der Waals surface area contributed by atoms with Crippen molar-refractivity contribution in [1.29, 1.82) is 0 Å². The Bertz CT molecular complexity index is 885. The second-order valence-corrected chi connectivity index (χ2v) is 8.33. The lowest BCUT2D eigenvalue weighted by atomic mass is 9.76. The number of aromatic carboxylic acids is 1. The van der Waals surface area contributed by atoms with Gasteiger partial charge in [-0.3, -0.25) is 4.79 Å². The predicted octanol–water partition coefficient (Wildman–Crippen LogP) is 4.46. The van der Waals surface area contributed by atoms with Gasteiger partial charge in [0.2, 0.25) is 5.91 Å². The van der Waals surface area contributed by atoms with Crippen LogP contribution in [0.2, 0.25) is 0 Å². The summed E-state index contributed by atoms with van der Waals surface area (Å²) in [5.74, 6) is -0.733. The van der Waals surface area contributed by atoms with Crippen molar-refractivity contribution in [3.63, 3.8) is 0 Å². The molecule has 5 nitrogen and oxygen atoms in total. The Balaban J connectivity index is 1.72. The molecule has 0 saturated carbocycles. The number of anilines is 2. The summed E-state index contributed by atoms with van der Waals surface area (Å²) in [5, 5.41) is 12.3. The molecule has 0 fully saturated rings. The number of amides is 1. The van der Waals surface area contributed by atoms with Gasteiger partial charge in [-0.15, -0.1) is 0 Å². The first-order valence-electron chi connectivity index (χ1n) is 9.72. The van der Waals surface area contributed by atoms with Crippen molar-refractivity contribution < 1.29 is 14.7 Å². The van der Waals surface area contributed by atoms with E-state index in [1.54, 1.807) is 24.3 Å². The van der Waals surface area contributed by atoms with Crippen molar-refractivity contribution in [2.24, 2.45) is 0 Å². The summed E-state index contributed by atoms with van der Waals surface area (Å²) in [6, 6.07) is 13.3. The zero-order chi connectivity index (χ0) is 20.5.